The van der Waals surface area contributed by atoms with Crippen molar-refractivity contribution in [1.82, 2.24) is 20.1 Å². The Labute approximate surface area is 94.6 Å². The second-order valence-electron chi connectivity index (χ2n) is 3.25. The van der Waals surface area contributed by atoms with Crippen LogP contribution >= 0.6 is 11.8 Å². The van der Waals surface area contributed by atoms with Crippen LogP contribution in [-0.2, 0) is 11.8 Å². The Morgan fingerprint density at radius 3 is 3.00 bits per heavy atom. The van der Waals surface area contributed by atoms with E-state index >= 15 is 0 Å². The molecule has 86 valence electrons. The summed E-state index contributed by atoms with van der Waals surface area (Å²) in [5, 5.41) is 12.1. The zero-order chi connectivity index (χ0) is 11.1. The number of aromatic nitrogens is 3. The number of aryl methyl sites for hydroxylation is 1. The number of hydrogen-bond acceptors (Lipinski definition) is 5. The first kappa shape index (κ1) is 12.5. The van der Waals surface area contributed by atoms with Crippen LogP contribution in [0.15, 0.2) is 11.5 Å². The van der Waals surface area contributed by atoms with Crippen molar-refractivity contribution < 1.29 is 4.74 Å². The number of nitrogens with one attached hydrogen (secondary N) is 1. The van der Waals surface area contributed by atoms with Gasteiger partial charge in [-0.05, 0) is 6.54 Å². The summed E-state index contributed by atoms with van der Waals surface area (Å²) in [6.45, 7) is 3.77. The van der Waals surface area contributed by atoms with Gasteiger partial charge < -0.3 is 14.6 Å². The smallest absolute Gasteiger partial charge is 0.190 e. The highest BCUT2D eigenvalue weighted by atomic mass is 32.2. The van der Waals surface area contributed by atoms with Crippen molar-refractivity contribution in [3.63, 3.8) is 0 Å². The molecule has 5 nitrogen and oxygen atoms in total. The lowest BCUT2D eigenvalue weighted by Crippen LogP contribution is -2.35. The molecule has 0 amide bonds. The van der Waals surface area contributed by atoms with Gasteiger partial charge in [-0.15, -0.1) is 10.2 Å². The van der Waals surface area contributed by atoms with Gasteiger partial charge in [0.15, 0.2) is 5.16 Å². The number of ether oxygens (including phenoxy) is 1. The van der Waals surface area contributed by atoms with Gasteiger partial charge in [0.05, 0.1) is 6.61 Å². The molecule has 0 fully saturated rings. The first-order valence-corrected chi connectivity index (χ1v) is 5.95. The van der Waals surface area contributed by atoms with E-state index < -0.39 is 0 Å². The average molecular weight is 230 g/mol. The van der Waals surface area contributed by atoms with E-state index in [1.165, 1.54) is 0 Å². The molecule has 1 heterocycles. The van der Waals surface area contributed by atoms with E-state index in [2.05, 4.69) is 22.4 Å². The summed E-state index contributed by atoms with van der Waals surface area (Å²) >= 11 is 1.69. The average Bonchev–Trinajstić information content (AvgIpc) is 2.61. The number of rotatable bonds is 7. The van der Waals surface area contributed by atoms with E-state index in [0.717, 1.165) is 24.1 Å². The van der Waals surface area contributed by atoms with Gasteiger partial charge in [-0.25, -0.2) is 0 Å². The Bertz CT molecular complexity index is 273. The SMILES string of the molecule is CCNC(COC)CSc1nncn1C. The second-order valence-corrected chi connectivity index (χ2v) is 4.23. The van der Waals surface area contributed by atoms with Crippen LogP contribution in [-0.4, -0.2) is 46.8 Å². The standard InChI is InChI=1S/C9H18N4OS/c1-4-10-8(5-14-3)6-15-9-12-11-7-13(9)2/h7-8,10H,4-6H2,1-3H3. The first-order valence-electron chi connectivity index (χ1n) is 4.97. The molecular formula is C9H18N4OS. The van der Waals surface area contributed by atoms with Gasteiger partial charge in [0.2, 0.25) is 0 Å². The van der Waals surface area contributed by atoms with E-state index in [1.54, 1.807) is 25.2 Å². The predicted molar refractivity (Wildman–Crippen MR) is 61.1 cm³/mol. The fourth-order valence-corrected chi connectivity index (χ4v) is 2.15. The zero-order valence-electron chi connectivity index (χ0n) is 9.43. The van der Waals surface area contributed by atoms with Crippen LogP contribution in [0.4, 0.5) is 0 Å². The number of thioether (sulfide) groups is 1. The molecule has 0 saturated heterocycles. The van der Waals surface area contributed by atoms with Gasteiger partial charge in [0, 0.05) is 26.0 Å². The molecule has 0 radical (unpaired) electrons. The fraction of sp³-hybridized carbons (Fsp3) is 0.778. The van der Waals surface area contributed by atoms with Crippen molar-refractivity contribution in [2.45, 2.75) is 18.1 Å². The maximum absolute atomic E-state index is 5.14. The molecule has 0 aromatic carbocycles. The molecule has 1 N–H and O–H groups in total. The molecule has 1 unspecified atom stereocenters. The molecular weight excluding hydrogens is 212 g/mol. The molecule has 0 aliphatic rings. The van der Waals surface area contributed by atoms with Crippen LogP contribution < -0.4 is 5.32 Å². The minimum absolute atomic E-state index is 0.363. The number of methoxy groups -OCH3 is 1. The van der Waals surface area contributed by atoms with Crippen molar-refractivity contribution in [2.24, 2.45) is 7.05 Å². The molecule has 6 heteroatoms. The summed E-state index contributed by atoms with van der Waals surface area (Å²) < 4.78 is 7.06. The molecule has 1 aromatic rings. The number of hydrogen-bond donors (Lipinski definition) is 1. The van der Waals surface area contributed by atoms with E-state index in [4.69, 9.17) is 4.74 Å². The number of likely N-dealkylation sites (N-methyl/N-ethyl adjacent to an activating group) is 1. The van der Waals surface area contributed by atoms with Crippen molar-refractivity contribution in [3.05, 3.63) is 6.33 Å². The van der Waals surface area contributed by atoms with Gasteiger partial charge in [0.25, 0.3) is 0 Å². The molecule has 0 saturated carbocycles. The Balaban J connectivity index is 2.36. The molecule has 1 rings (SSSR count). The van der Waals surface area contributed by atoms with Crippen molar-refractivity contribution >= 4 is 11.8 Å². The van der Waals surface area contributed by atoms with Crippen LogP contribution in [0.25, 0.3) is 0 Å². The largest absolute Gasteiger partial charge is 0.383 e. The normalized spacial score (nSPS) is 13.0. The lowest BCUT2D eigenvalue weighted by Gasteiger charge is -2.15. The molecule has 0 spiro atoms. The predicted octanol–water partition coefficient (Wildman–Crippen LogP) is 0.532. The number of nitrogens with zero attached hydrogens (tertiary/aromatic N) is 3. The van der Waals surface area contributed by atoms with E-state index in [1.807, 2.05) is 11.6 Å². The summed E-state index contributed by atoms with van der Waals surface area (Å²) in [5.74, 6) is 0.939. The van der Waals surface area contributed by atoms with Crippen molar-refractivity contribution in [3.8, 4) is 0 Å². The molecule has 15 heavy (non-hydrogen) atoms. The van der Waals surface area contributed by atoms with Crippen LogP contribution in [0, 0.1) is 0 Å². The van der Waals surface area contributed by atoms with Gasteiger partial charge in [0.1, 0.15) is 6.33 Å². The Morgan fingerprint density at radius 1 is 1.67 bits per heavy atom. The van der Waals surface area contributed by atoms with Crippen LogP contribution in [0.5, 0.6) is 0 Å². The van der Waals surface area contributed by atoms with Gasteiger partial charge in [-0.2, -0.15) is 0 Å². The molecule has 0 bridgehead atoms. The molecule has 0 aliphatic heterocycles. The van der Waals surface area contributed by atoms with Crippen LogP contribution in [0.2, 0.25) is 0 Å². The lowest BCUT2D eigenvalue weighted by molar-refractivity contribution is 0.174. The quantitative estimate of drug-likeness (QED) is 0.693. The van der Waals surface area contributed by atoms with Gasteiger partial charge in [-0.3, -0.25) is 0 Å². The summed E-state index contributed by atoms with van der Waals surface area (Å²) in [5.41, 5.74) is 0. The highest BCUT2D eigenvalue weighted by Gasteiger charge is 2.09. The highest BCUT2D eigenvalue weighted by molar-refractivity contribution is 7.99. The van der Waals surface area contributed by atoms with E-state index in [-0.39, 0.29) is 0 Å². The van der Waals surface area contributed by atoms with E-state index in [9.17, 15) is 0 Å². The van der Waals surface area contributed by atoms with Crippen LogP contribution in [0.1, 0.15) is 6.92 Å². The van der Waals surface area contributed by atoms with Crippen molar-refractivity contribution in [1.29, 1.82) is 0 Å². The molecule has 1 aromatic heterocycles. The van der Waals surface area contributed by atoms with Crippen LogP contribution in [0.3, 0.4) is 0 Å². The summed E-state index contributed by atoms with van der Waals surface area (Å²) in [7, 11) is 3.66. The summed E-state index contributed by atoms with van der Waals surface area (Å²) in [6, 6.07) is 0.363. The zero-order valence-corrected chi connectivity index (χ0v) is 10.3. The minimum Gasteiger partial charge on any atom is -0.383 e. The fourth-order valence-electron chi connectivity index (χ4n) is 1.23. The Hall–Kier alpha value is -0.590. The van der Waals surface area contributed by atoms with Gasteiger partial charge >= 0.3 is 0 Å². The Kier molecular flexibility index (Phi) is 5.67. The second kappa shape index (κ2) is 6.81. The van der Waals surface area contributed by atoms with Crippen molar-refractivity contribution in [2.75, 3.05) is 26.0 Å². The summed E-state index contributed by atoms with van der Waals surface area (Å²) in [6.07, 6.45) is 1.71. The third-order valence-corrected chi connectivity index (χ3v) is 3.14. The van der Waals surface area contributed by atoms with E-state index in [0.29, 0.717) is 6.04 Å². The summed E-state index contributed by atoms with van der Waals surface area (Å²) in [4.78, 5) is 0. The maximum atomic E-state index is 5.14. The highest BCUT2D eigenvalue weighted by Crippen LogP contribution is 2.14. The molecule has 1 atom stereocenters. The third kappa shape index (κ3) is 4.19. The first-order chi connectivity index (χ1) is 7.27. The molecule has 0 aliphatic carbocycles. The maximum Gasteiger partial charge on any atom is 0.190 e. The minimum atomic E-state index is 0.363. The lowest BCUT2D eigenvalue weighted by atomic mass is 10.3. The third-order valence-electron chi connectivity index (χ3n) is 1.94. The topological polar surface area (TPSA) is 52.0 Å². The monoisotopic (exact) mass is 230 g/mol. The Morgan fingerprint density at radius 2 is 2.47 bits per heavy atom. The van der Waals surface area contributed by atoms with Gasteiger partial charge in [-0.1, -0.05) is 18.7 Å².